The molecule has 2 aromatic carbocycles. The van der Waals surface area contributed by atoms with Gasteiger partial charge in [0.1, 0.15) is 0 Å². The van der Waals surface area contributed by atoms with Crippen molar-refractivity contribution in [1.82, 2.24) is 4.90 Å². The van der Waals surface area contributed by atoms with E-state index in [1.165, 1.54) is 5.56 Å². The lowest BCUT2D eigenvalue weighted by molar-refractivity contribution is -0.130. The number of piperidine rings is 1. The van der Waals surface area contributed by atoms with E-state index in [0.717, 1.165) is 29.7 Å². The highest BCUT2D eigenvalue weighted by Gasteiger charge is 2.27. The van der Waals surface area contributed by atoms with Gasteiger partial charge in [-0.05, 0) is 56.0 Å². The molecule has 2 amide bonds. The van der Waals surface area contributed by atoms with Crippen molar-refractivity contribution in [2.75, 3.05) is 18.4 Å². The average Bonchev–Trinajstić information content (AvgIpc) is 2.68. The van der Waals surface area contributed by atoms with Crippen LogP contribution in [0.25, 0.3) is 6.08 Å². The molecule has 0 radical (unpaired) electrons. The SMILES string of the molecule is Cc1ccc(/C=C/C(=O)N2CCCC(C(=O)Nc3ccccc3)C2)c(C)c1. The van der Waals surface area contributed by atoms with Crippen molar-refractivity contribution in [2.45, 2.75) is 26.7 Å². The molecule has 0 saturated carbocycles. The quantitative estimate of drug-likeness (QED) is 0.829. The number of aryl methyl sites for hydroxylation is 2. The van der Waals surface area contributed by atoms with Crippen molar-refractivity contribution in [3.63, 3.8) is 0 Å². The normalized spacial score (nSPS) is 17.1. The number of anilines is 1. The summed E-state index contributed by atoms with van der Waals surface area (Å²) in [5.41, 5.74) is 4.20. The number of nitrogens with one attached hydrogen (secondary N) is 1. The van der Waals surface area contributed by atoms with E-state index in [-0.39, 0.29) is 17.7 Å². The van der Waals surface area contributed by atoms with Crippen molar-refractivity contribution < 1.29 is 9.59 Å². The van der Waals surface area contributed by atoms with Gasteiger partial charge in [0.15, 0.2) is 0 Å². The molecule has 1 aliphatic rings. The number of hydrogen-bond acceptors (Lipinski definition) is 2. The van der Waals surface area contributed by atoms with Crippen LogP contribution in [0.4, 0.5) is 5.69 Å². The van der Waals surface area contributed by atoms with Gasteiger partial charge in [0.25, 0.3) is 0 Å². The van der Waals surface area contributed by atoms with E-state index in [4.69, 9.17) is 0 Å². The molecule has 0 aromatic heterocycles. The van der Waals surface area contributed by atoms with Crippen LogP contribution in [0.1, 0.15) is 29.5 Å². The van der Waals surface area contributed by atoms with Gasteiger partial charge in [-0.1, -0.05) is 42.0 Å². The van der Waals surface area contributed by atoms with E-state index in [9.17, 15) is 9.59 Å². The second-order valence-corrected chi connectivity index (χ2v) is 7.17. The highest BCUT2D eigenvalue weighted by molar-refractivity contribution is 5.95. The molecular weight excluding hydrogens is 336 g/mol. The third kappa shape index (κ3) is 5.07. The monoisotopic (exact) mass is 362 g/mol. The molecule has 0 spiro atoms. The Morgan fingerprint density at radius 1 is 1.11 bits per heavy atom. The van der Waals surface area contributed by atoms with Gasteiger partial charge in [0.2, 0.25) is 11.8 Å². The predicted molar refractivity (Wildman–Crippen MR) is 109 cm³/mol. The van der Waals surface area contributed by atoms with Crippen LogP contribution < -0.4 is 5.32 Å². The van der Waals surface area contributed by atoms with Crippen molar-refractivity contribution in [2.24, 2.45) is 5.92 Å². The molecule has 0 aliphatic carbocycles. The molecular formula is C23H26N2O2. The Morgan fingerprint density at radius 3 is 2.63 bits per heavy atom. The number of nitrogens with zero attached hydrogens (tertiary/aromatic N) is 1. The Balaban J connectivity index is 1.60. The number of benzene rings is 2. The Morgan fingerprint density at radius 2 is 1.89 bits per heavy atom. The van der Waals surface area contributed by atoms with Crippen LogP contribution in [-0.2, 0) is 9.59 Å². The molecule has 1 N–H and O–H groups in total. The van der Waals surface area contributed by atoms with E-state index in [0.29, 0.717) is 13.1 Å². The summed E-state index contributed by atoms with van der Waals surface area (Å²) in [5, 5.41) is 2.95. The Hall–Kier alpha value is -2.88. The highest BCUT2D eigenvalue weighted by atomic mass is 16.2. The lowest BCUT2D eigenvalue weighted by Crippen LogP contribution is -2.43. The molecule has 1 saturated heterocycles. The van der Waals surface area contributed by atoms with Gasteiger partial charge in [-0.25, -0.2) is 0 Å². The maximum Gasteiger partial charge on any atom is 0.246 e. The topological polar surface area (TPSA) is 49.4 Å². The van der Waals surface area contributed by atoms with Crippen LogP contribution in [0.5, 0.6) is 0 Å². The Kier molecular flexibility index (Phi) is 6.07. The maximum atomic E-state index is 12.6. The molecule has 1 heterocycles. The minimum absolute atomic E-state index is 0.0166. The summed E-state index contributed by atoms with van der Waals surface area (Å²) in [6, 6.07) is 15.6. The molecule has 0 bridgehead atoms. The first-order chi connectivity index (χ1) is 13.0. The largest absolute Gasteiger partial charge is 0.338 e. The third-order valence-electron chi connectivity index (χ3n) is 4.98. The van der Waals surface area contributed by atoms with Crippen molar-refractivity contribution in [1.29, 1.82) is 0 Å². The van der Waals surface area contributed by atoms with Gasteiger partial charge in [-0.3, -0.25) is 9.59 Å². The lowest BCUT2D eigenvalue weighted by atomic mass is 9.96. The van der Waals surface area contributed by atoms with Crippen LogP contribution in [-0.4, -0.2) is 29.8 Å². The number of amides is 2. The molecule has 1 atom stereocenters. The molecule has 1 fully saturated rings. The summed E-state index contributed by atoms with van der Waals surface area (Å²) >= 11 is 0. The second kappa shape index (κ2) is 8.67. The van der Waals surface area contributed by atoms with Gasteiger partial charge in [0, 0.05) is 24.9 Å². The molecule has 4 nitrogen and oxygen atoms in total. The smallest absolute Gasteiger partial charge is 0.246 e. The number of rotatable bonds is 4. The molecule has 2 aromatic rings. The number of hydrogen-bond donors (Lipinski definition) is 1. The minimum Gasteiger partial charge on any atom is -0.338 e. The number of likely N-dealkylation sites (tertiary alicyclic amines) is 1. The first kappa shape index (κ1) is 18.9. The standard InChI is InChI=1S/C23H26N2O2/c1-17-10-11-19(18(2)15-17)12-13-22(26)25-14-6-7-20(16-25)23(27)24-21-8-4-3-5-9-21/h3-5,8-13,15,20H,6-7,14,16H2,1-2H3,(H,24,27)/b13-12+. The number of carbonyl (C=O) groups is 2. The van der Waals surface area contributed by atoms with Crippen molar-refractivity contribution in [3.8, 4) is 0 Å². The fourth-order valence-electron chi connectivity index (χ4n) is 3.44. The van der Waals surface area contributed by atoms with E-state index in [2.05, 4.69) is 18.3 Å². The zero-order chi connectivity index (χ0) is 19.2. The summed E-state index contributed by atoms with van der Waals surface area (Å²) in [6.07, 6.45) is 5.14. The molecule has 1 aliphatic heterocycles. The van der Waals surface area contributed by atoms with E-state index in [1.54, 1.807) is 11.0 Å². The summed E-state index contributed by atoms with van der Waals surface area (Å²) in [7, 11) is 0. The van der Waals surface area contributed by atoms with Gasteiger partial charge in [0.05, 0.1) is 5.92 Å². The maximum absolute atomic E-state index is 12.6. The first-order valence-electron chi connectivity index (χ1n) is 9.43. The molecule has 3 rings (SSSR count). The molecule has 27 heavy (non-hydrogen) atoms. The Labute approximate surface area is 160 Å². The fraction of sp³-hybridized carbons (Fsp3) is 0.304. The van der Waals surface area contributed by atoms with Gasteiger partial charge in [-0.2, -0.15) is 0 Å². The van der Waals surface area contributed by atoms with Crippen molar-refractivity contribution in [3.05, 3.63) is 71.3 Å². The van der Waals surface area contributed by atoms with Crippen LogP contribution >= 0.6 is 0 Å². The van der Waals surface area contributed by atoms with E-state index in [1.807, 2.05) is 55.5 Å². The zero-order valence-corrected chi connectivity index (χ0v) is 15.9. The predicted octanol–water partition coefficient (Wildman–Crippen LogP) is 4.19. The van der Waals surface area contributed by atoms with Gasteiger partial charge in [-0.15, -0.1) is 0 Å². The lowest BCUT2D eigenvalue weighted by Gasteiger charge is -2.31. The summed E-state index contributed by atoms with van der Waals surface area (Å²) in [5.74, 6) is -0.221. The minimum atomic E-state index is -0.169. The molecule has 140 valence electrons. The third-order valence-corrected chi connectivity index (χ3v) is 4.98. The van der Waals surface area contributed by atoms with E-state index >= 15 is 0 Å². The summed E-state index contributed by atoms with van der Waals surface area (Å²) < 4.78 is 0. The fourth-order valence-corrected chi connectivity index (χ4v) is 3.44. The first-order valence-corrected chi connectivity index (χ1v) is 9.43. The van der Waals surface area contributed by atoms with Crippen molar-refractivity contribution >= 4 is 23.6 Å². The highest BCUT2D eigenvalue weighted by Crippen LogP contribution is 2.20. The number of carbonyl (C=O) groups excluding carboxylic acids is 2. The Bertz CT molecular complexity index is 843. The molecule has 1 unspecified atom stereocenters. The van der Waals surface area contributed by atoms with Crippen LogP contribution in [0.3, 0.4) is 0 Å². The average molecular weight is 362 g/mol. The van der Waals surface area contributed by atoms with Gasteiger partial charge < -0.3 is 10.2 Å². The second-order valence-electron chi connectivity index (χ2n) is 7.17. The van der Waals surface area contributed by atoms with E-state index < -0.39 is 0 Å². The van der Waals surface area contributed by atoms with Crippen LogP contribution in [0.2, 0.25) is 0 Å². The number of para-hydroxylation sites is 1. The summed E-state index contributed by atoms with van der Waals surface area (Å²) in [6.45, 7) is 5.27. The summed E-state index contributed by atoms with van der Waals surface area (Å²) in [4.78, 5) is 26.9. The van der Waals surface area contributed by atoms with Gasteiger partial charge >= 0.3 is 0 Å². The van der Waals surface area contributed by atoms with Crippen LogP contribution in [0.15, 0.2) is 54.6 Å². The molecule has 4 heteroatoms. The zero-order valence-electron chi connectivity index (χ0n) is 15.9. The van der Waals surface area contributed by atoms with Crippen LogP contribution in [0, 0.1) is 19.8 Å².